The number of aliphatic hydroxyl groups excluding tert-OH is 2. The molecule has 10 nitrogen and oxygen atoms in total. The maximum atomic E-state index is 13.8. The molecule has 42 heavy (non-hydrogen) atoms. The topological polar surface area (TPSA) is 138 Å². The van der Waals surface area contributed by atoms with Crippen LogP contribution >= 0.6 is 0 Å². The number of benzene rings is 2. The molecule has 2 aliphatic heterocycles. The average molecular weight is 616 g/mol. The van der Waals surface area contributed by atoms with E-state index in [-0.39, 0.29) is 43.9 Å². The Morgan fingerprint density at radius 1 is 1.17 bits per heavy atom. The number of carbonyl (C=O) groups is 1. The minimum Gasteiger partial charge on any atom is -0.491 e. The van der Waals surface area contributed by atoms with Crippen LogP contribution in [-0.4, -0.2) is 79.0 Å². The Balaban J connectivity index is 1.45. The molecule has 3 N–H and O–H groups in total. The Labute approximate surface area is 239 Å². The Bertz CT molecular complexity index is 1500. The monoisotopic (exact) mass is 615 g/mol. The number of hydrogen-bond acceptors (Lipinski definition) is 8. The van der Waals surface area contributed by atoms with Gasteiger partial charge in [-0.05, 0) is 79.8 Å². The second-order valence-electron chi connectivity index (χ2n) is 10.0. The lowest BCUT2D eigenvalue weighted by atomic mass is 9.89. The Morgan fingerprint density at radius 2 is 1.81 bits per heavy atom. The maximum absolute atomic E-state index is 13.8. The lowest BCUT2D eigenvalue weighted by Crippen LogP contribution is -2.50. The summed E-state index contributed by atoms with van der Waals surface area (Å²) in [4.78, 5) is 17.2. The first-order chi connectivity index (χ1) is 19.6. The second kappa shape index (κ2) is 12.0. The third kappa shape index (κ3) is 7.09. The van der Waals surface area contributed by atoms with Crippen molar-refractivity contribution in [3.8, 4) is 11.5 Å². The molecule has 2 aliphatic rings. The van der Waals surface area contributed by atoms with Crippen molar-refractivity contribution in [3.63, 3.8) is 0 Å². The second-order valence-corrected chi connectivity index (χ2v) is 11.8. The number of sulfonamides is 1. The van der Waals surface area contributed by atoms with E-state index in [2.05, 4.69) is 15.0 Å². The summed E-state index contributed by atoms with van der Waals surface area (Å²) in [5.41, 5.74) is 0.783. The van der Waals surface area contributed by atoms with Crippen LogP contribution in [0.4, 0.5) is 17.6 Å². The van der Waals surface area contributed by atoms with Crippen LogP contribution in [0.3, 0.4) is 0 Å². The molecule has 2 aromatic rings. The van der Waals surface area contributed by atoms with Crippen LogP contribution in [0.1, 0.15) is 35.1 Å². The van der Waals surface area contributed by atoms with E-state index in [0.717, 1.165) is 34.7 Å². The number of ether oxygens (including phenoxy) is 2. The van der Waals surface area contributed by atoms with E-state index in [4.69, 9.17) is 9.84 Å². The molecule has 1 atom stereocenters. The number of alkyl halides is 3. The molecule has 0 saturated carbocycles. The van der Waals surface area contributed by atoms with Crippen LogP contribution in [0.5, 0.6) is 11.5 Å². The first-order valence-corrected chi connectivity index (χ1v) is 14.3. The summed E-state index contributed by atoms with van der Waals surface area (Å²) >= 11 is 0. The van der Waals surface area contributed by atoms with Crippen LogP contribution in [0.2, 0.25) is 0 Å². The van der Waals surface area contributed by atoms with Gasteiger partial charge in [-0.3, -0.25) is 9.79 Å². The number of aliphatic imine (C=N–C) groups is 1. The van der Waals surface area contributed by atoms with Gasteiger partial charge >= 0.3 is 6.36 Å². The van der Waals surface area contributed by atoms with Crippen molar-refractivity contribution < 1.29 is 50.5 Å². The van der Waals surface area contributed by atoms with Gasteiger partial charge in [0.1, 0.15) is 29.8 Å². The van der Waals surface area contributed by atoms with Crippen LogP contribution in [0.25, 0.3) is 6.08 Å². The van der Waals surface area contributed by atoms with E-state index in [1.165, 1.54) is 10.4 Å². The van der Waals surface area contributed by atoms with Crippen molar-refractivity contribution in [3.05, 3.63) is 63.8 Å². The largest absolute Gasteiger partial charge is 0.573 e. The molecule has 0 radical (unpaired) electrons. The van der Waals surface area contributed by atoms with Gasteiger partial charge in [0.2, 0.25) is 10.0 Å². The summed E-state index contributed by atoms with van der Waals surface area (Å²) in [6, 6.07) is 6.07. The summed E-state index contributed by atoms with van der Waals surface area (Å²) < 4.78 is 88.2. The number of aryl methyl sites for hydroxylation is 2. The van der Waals surface area contributed by atoms with Gasteiger partial charge in [-0.1, -0.05) is 0 Å². The Kier molecular flexibility index (Phi) is 8.97. The van der Waals surface area contributed by atoms with Gasteiger partial charge in [0.25, 0.3) is 5.91 Å². The van der Waals surface area contributed by atoms with Crippen molar-refractivity contribution in [2.45, 2.75) is 44.7 Å². The van der Waals surface area contributed by atoms with Crippen molar-refractivity contribution >= 4 is 27.8 Å². The maximum Gasteiger partial charge on any atom is 0.573 e. The number of nitrogens with one attached hydrogen (secondary N) is 1. The molecule has 0 aliphatic carbocycles. The van der Waals surface area contributed by atoms with Crippen LogP contribution in [0.15, 0.2) is 40.7 Å². The van der Waals surface area contributed by atoms with E-state index < -0.39 is 52.1 Å². The van der Waals surface area contributed by atoms with E-state index >= 15 is 0 Å². The van der Waals surface area contributed by atoms with E-state index in [0.29, 0.717) is 11.3 Å². The molecule has 15 heteroatoms. The van der Waals surface area contributed by atoms with Gasteiger partial charge in [-0.15, -0.1) is 13.2 Å². The van der Waals surface area contributed by atoms with Gasteiger partial charge in [0, 0.05) is 24.1 Å². The molecule has 4 rings (SSSR count). The first kappa shape index (κ1) is 31.4. The molecule has 1 saturated heterocycles. The van der Waals surface area contributed by atoms with Crippen LogP contribution in [-0.2, 0) is 14.8 Å². The van der Waals surface area contributed by atoms with Gasteiger partial charge in [0.05, 0.1) is 6.61 Å². The number of halogens is 4. The van der Waals surface area contributed by atoms with E-state index in [9.17, 15) is 35.9 Å². The summed E-state index contributed by atoms with van der Waals surface area (Å²) in [7, 11) is -3.89. The molecular weight excluding hydrogens is 586 g/mol. The number of hydrogen-bond donors (Lipinski definition) is 3. The lowest BCUT2D eigenvalue weighted by Gasteiger charge is -2.34. The molecular formula is C27H29F4N3O7S. The highest BCUT2D eigenvalue weighted by Gasteiger charge is 2.47. The van der Waals surface area contributed by atoms with Gasteiger partial charge < -0.3 is 25.0 Å². The molecule has 2 aromatic carbocycles. The fraction of sp³-hybridized carbons (Fsp3) is 0.407. The fourth-order valence-corrected chi connectivity index (χ4v) is 5.89. The SMILES string of the molecule is Cc1cc(OCC(O)CO)cc(C)c1C=CS(=O)(=O)N1CCC2(CC1)N=C(c1ccc(F)c(OC(F)(F)F)c1)NC2=O. The smallest absolute Gasteiger partial charge is 0.491 e. The number of amidine groups is 1. The van der Waals surface area contributed by atoms with Crippen molar-refractivity contribution in [1.29, 1.82) is 0 Å². The first-order valence-electron chi connectivity index (χ1n) is 12.8. The molecule has 0 aromatic heterocycles. The number of carbonyl (C=O) groups excluding carboxylic acids is 1. The third-order valence-electron chi connectivity index (χ3n) is 6.95. The fourth-order valence-electron chi connectivity index (χ4n) is 4.72. The number of piperidine rings is 1. The quantitative estimate of drug-likeness (QED) is 0.369. The minimum absolute atomic E-state index is 0.00518. The average Bonchev–Trinajstić information content (AvgIpc) is 3.22. The number of nitrogens with zero attached hydrogens (tertiary/aromatic N) is 2. The molecule has 1 spiro atoms. The predicted octanol–water partition coefficient (Wildman–Crippen LogP) is 2.78. The normalized spacial score (nSPS) is 18.3. The number of rotatable bonds is 9. The highest BCUT2D eigenvalue weighted by atomic mass is 32.2. The van der Waals surface area contributed by atoms with Gasteiger partial charge in [-0.25, -0.2) is 12.8 Å². The van der Waals surface area contributed by atoms with Crippen LogP contribution in [0, 0.1) is 19.7 Å². The van der Waals surface area contributed by atoms with Crippen molar-refractivity contribution in [2.75, 3.05) is 26.3 Å². The van der Waals surface area contributed by atoms with Gasteiger partial charge in [-0.2, -0.15) is 4.31 Å². The summed E-state index contributed by atoms with van der Waals surface area (Å²) in [5, 5.41) is 22.0. The highest BCUT2D eigenvalue weighted by Crippen LogP contribution is 2.34. The standard InChI is InChI=1S/C27H29F4N3O7S/c1-16-11-20(40-15-19(36)14-35)12-17(2)21(16)5-10-42(38,39)34-8-6-26(7-9-34)25(37)32-24(33-26)18-3-4-22(28)23(13-18)41-27(29,30)31/h3-5,10-13,19,35-36H,6-9,14-15H2,1-2H3,(H,32,33,37). The zero-order chi connectivity index (χ0) is 30.9. The Hall–Kier alpha value is -3.53. The highest BCUT2D eigenvalue weighted by molar-refractivity contribution is 7.92. The van der Waals surface area contributed by atoms with E-state index in [1.54, 1.807) is 26.0 Å². The number of aliphatic hydroxyl groups is 2. The predicted molar refractivity (Wildman–Crippen MR) is 144 cm³/mol. The lowest BCUT2D eigenvalue weighted by molar-refractivity contribution is -0.275. The zero-order valence-corrected chi connectivity index (χ0v) is 23.4. The van der Waals surface area contributed by atoms with Crippen molar-refractivity contribution in [1.82, 2.24) is 9.62 Å². The number of amides is 1. The van der Waals surface area contributed by atoms with E-state index in [1.807, 2.05) is 0 Å². The molecule has 1 unspecified atom stereocenters. The molecule has 228 valence electrons. The molecule has 0 bridgehead atoms. The summed E-state index contributed by atoms with van der Waals surface area (Å²) in [5.74, 6) is -2.45. The third-order valence-corrected chi connectivity index (χ3v) is 8.51. The molecule has 2 heterocycles. The zero-order valence-electron chi connectivity index (χ0n) is 22.6. The minimum atomic E-state index is -5.12. The van der Waals surface area contributed by atoms with Crippen molar-refractivity contribution in [2.24, 2.45) is 4.99 Å². The van der Waals surface area contributed by atoms with Gasteiger partial charge in [0.15, 0.2) is 11.6 Å². The molecule has 1 amide bonds. The summed E-state index contributed by atoms with van der Waals surface area (Å²) in [6.07, 6.45) is -4.64. The Morgan fingerprint density at radius 3 is 2.40 bits per heavy atom. The summed E-state index contributed by atoms with van der Waals surface area (Å²) in [6.45, 7) is 2.92. The van der Waals surface area contributed by atoms with Crippen LogP contribution < -0.4 is 14.8 Å². The molecule has 1 fully saturated rings.